The molecule has 1 aliphatic heterocycles. The second-order valence-corrected chi connectivity index (χ2v) is 7.30. The first kappa shape index (κ1) is 19.1. The van der Waals surface area contributed by atoms with E-state index in [0.717, 1.165) is 18.4 Å². The third-order valence-corrected chi connectivity index (χ3v) is 3.91. The highest BCUT2D eigenvalue weighted by molar-refractivity contribution is 5.68. The van der Waals surface area contributed by atoms with Gasteiger partial charge in [-0.2, -0.15) is 0 Å². The number of rotatable bonds is 3. The van der Waals surface area contributed by atoms with Crippen LogP contribution in [0.5, 0.6) is 0 Å². The van der Waals surface area contributed by atoms with Crippen molar-refractivity contribution >= 4 is 12.2 Å². The molecule has 1 N–H and O–H groups in total. The van der Waals surface area contributed by atoms with Crippen molar-refractivity contribution in [2.75, 3.05) is 13.1 Å². The maximum atomic E-state index is 12.1. The van der Waals surface area contributed by atoms with Crippen molar-refractivity contribution < 1.29 is 19.1 Å². The molecule has 1 atom stereocenters. The summed E-state index contributed by atoms with van der Waals surface area (Å²) in [4.78, 5) is 25.8. The first-order valence-electron chi connectivity index (χ1n) is 8.78. The highest BCUT2D eigenvalue weighted by Crippen LogP contribution is 2.15. The third-order valence-electron chi connectivity index (χ3n) is 3.91. The summed E-state index contributed by atoms with van der Waals surface area (Å²) in [7, 11) is 0. The summed E-state index contributed by atoms with van der Waals surface area (Å²) in [5, 5.41) is 2.90. The van der Waals surface area contributed by atoms with Crippen molar-refractivity contribution in [2.45, 2.75) is 58.3 Å². The molecular weight excluding hydrogens is 320 g/mol. The average molecular weight is 348 g/mol. The number of carbonyl (C=O) groups is 2. The summed E-state index contributed by atoms with van der Waals surface area (Å²) >= 11 is 0. The second kappa shape index (κ2) is 8.74. The van der Waals surface area contributed by atoms with Crippen LogP contribution in [-0.2, 0) is 16.1 Å². The van der Waals surface area contributed by atoms with Gasteiger partial charge in [0.05, 0.1) is 0 Å². The minimum Gasteiger partial charge on any atom is -0.445 e. The molecule has 0 saturated carbocycles. The Kier molecular flexibility index (Phi) is 6.67. The lowest BCUT2D eigenvalue weighted by molar-refractivity contribution is 0.0256. The molecule has 0 radical (unpaired) electrons. The molecule has 2 amide bonds. The Bertz CT molecular complexity index is 569. The number of benzene rings is 1. The maximum absolute atomic E-state index is 12.1. The van der Waals surface area contributed by atoms with Gasteiger partial charge in [-0.25, -0.2) is 9.59 Å². The van der Waals surface area contributed by atoms with Crippen LogP contribution in [0.15, 0.2) is 30.3 Å². The summed E-state index contributed by atoms with van der Waals surface area (Å²) in [6, 6.07) is 9.58. The van der Waals surface area contributed by atoms with E-state index in [1.807, 2.05) is 51.1 Å². The number of ether oxygens (including phenoxy) is 2. The highest BCUT2D eigenvalue weighted by atomic mass is 16.6. The molecule has 0 bridgehead atoms. The number of alkyl carbamates (subject to hydrolysis) is 1. The lowest BCUT2D eigenvalue weighted by Gasteiger charge is -2.26. The predicted molar refractivity (Wildman–Crippen MR) is 95.2 cm³/mol. The average Bonchev–Trinajstić information content (AvgIpc) is 2.78. The van der Waals surface area contributed by atoms with Crippen molar-refractivity contribution in [1.29, 1.82) is 0 Å². The Morgan fingerprint density at radius 2 is 1.88 bits per heavy atom. The first-order chi connectivity index (χ1) is 11.8. The predicted octanol–water partition coefficient (Wildman–Crippen LogP) is 3.70. The summed E-state index contributed by atoms with van der Waals surface area (Å²) in [5.74, 6) is 0. The zero-order chi connectivity index (χ0) is 18.3. The number of nitrogens with one attached hydrogen (secondary N) is 1. The van der Waals surface area contributed by atoms with Crippen molar-refractivity contribution in [2.24, 2.45) is 0 Å². The molecule has 25 heavy (non-hydrogen) atoms. The van der Waals surface area contributed by atoms with E-state index in [1.165, 1.54) is 0 Å². The molecule has 0 aliphatic carbocycles. The van der Waals surface area contributed by atoms with E-state index in [4.69, 9.17) is 9.47 Å². The molecule has 6 nitrogen and oxygen atoms in total. The van der Waals surface area contributed by atoms with Crippen LogP contribution in [0.4, 0.5) is 9.59 Å². The Labute approximate surface area is 149 Å². The second-order valence-electron chi connectivity index (χ2n) is 7.30. The zero-order valence-corrected chi connectivity index (χ0v) is 15.3. The van der Waals surface area contributed by atoms with Gasteiger partial charge in [-0.05, 0) is 45.6 Å². The van der Waals surface area contributed by atoms with E-state index >= 15 is 0 Å². The van der Waals surface area contributed by atoms with E-state index in [-0.39, 0.29) is 18.7 Å². The SMILES string of the molecule is CC(C)(C)OC(=O)N1CCC[C@@H](NC(=O)OCc2ccccc2)CC1. The van der Waals surface area contributed by atoms with Crippen LogP contribution in [0, 0.1) is 0 Å². The minimum absolute atomic E-state index is 0.00992. The molecule has 1 saturated heterocycles. The van der Waals surface area contributed by atoms with E-state index in [9.17, 15) is 9.59 Å². The Balaban J connectivity index is 1.75. The lowest BCUT2D eigenvalue weighted by Crippen LogP contribution is -2.39. The summed E-state index contributed by atoms with van der Waals surface area (Å²) in [5.41, 5.74) is 0.456. The first-order valence-corrected chi connectivity index (χ1v) is 8.78. The van der Waals surface area contributed by atoms with Crippen molar-refractivity contribution in [3.8, 4) is 0 Å². The van der Waals surface area contributed by atoms with Gasteiger partial charge < -0.3 is 19.7 Å². The fourth-order valence-electron chi connectivity index (χ4n) is 2.68. The van der Waals surface area contributed by atoms with Gasteiger partial charge in [-0.1, -0.05) is 30.3 Å². The summed E-state index contributed by atoms with van der Waals surface area (Å²) < 4.78 is 10.7. The fourth-order valence-corrected chi connectivity index (χ4v) is 2.68. The molecule has 1 aromatic rings. The standard InChI is InChI=1S/C19H28N2O4/c1-19(2,3)25-18(23)21-12-7-10-16(11-13-21)20-17(22)24-14-15-8-5-4-6-9-15/h4-6,8-9,16H,7,10-14H2,1-3H3,(H,20,22)/t16-/m1/s1. The van der Waals surface area contributed by atoms with Crippen LogP contribution in [0.3, 0.4) is 0 Å². The number of hydrogen-bond acceptors (Lipinski definition) is 4. The minimum atomic E-state index is -0.498. The van der Waals surface area contributed by atoms with Crippen molar-refractivity contribution in [1.82, 2.24) is 10.2 Å². The van der Waals surface area contributed by atoms with Gasteiger partial charge >= 0.3 is 12.2 Å². The van der Waals surface area contributed by atoms with Gasteiger partial charge in [-0.3, -0.25) is 0 Å². The Hall–Kier alpha value is -2.24. The van der Waals surface area contributed by atoms with Gasteiger partial charge in [0.1, 0.15) is 12.2 Å². The van der Waals surface area contributed by atoms with Crippen LogP contribution >= 0.6 is 0 Å². The third kappa shape index (κ3) is 7.03. The fraction of sp³-hybridized carbons (Fsp3) is 0.579. The molecule has 0 aromatic heterocycles. The van der Waals surface area contributed by atoms with E-state index < -0.39 is 11.7 Å². The van der Waals surface area contributed by atoms with E-state index in [2.05, 4.69) is 5.32 Å². The monoisotopic (exact) mass is 348 g/mol. The Morgan fingerprint density at radius 1 is 1.16 bits per heavy atom. The number of amides is 2. The molecule has 138 valence electrons. The zero-order valence-electron chi connectivity index (χ0n) is 15.3. The van der Waals surface area contributed by atoms with E-state index in [1.54, 1.807) is 4.90 Å². The molecule has 2 rings (SSSR count). The van der Waals surface area contributed by atoms with Crippen LogP contribution < -0.4 is 5.32 Å². The summed E-state index contributed by atoms with van der Waals surface area (Å²) in [6.07, 6.45) is 1.63. The number of nitrogens with zero attached hydrogens (tertiary/aromatic N) is 1. The number of carbonyl (C=O) groups excluding carboxylic acids is 2. The van der Waals surface area contributed by atoms with Gasteiger partial charge in [0, 0.05) is 19.1 Å². The molecule has 6 heteroatoms. The molecular formula is C19H28N2O4. The molecule has 1 aromatic carbocycles. The number of likely N-dealkylation sites (tertiary alicyclic amines) is 1. The van der Waals surface area contributed by atoms with Crippen LogP contribution in [0.2, 0.25) is 0 Å². The molecule has 1 aliphatic rings. The lowest BCUT2D eigenvalue weighted by atomic mass is 10.1. The van der Waals surface area contributed by atoms with Crippen LogP contribution in [-0.4, -0.2) is 41.8 Å². The molecule has 1 heterocycles. The quantitative estimate of drug-likeness (QED) is 0.904. The molecule has 0 spiro atoms. The van der Waals surface area contributed by atoms with Crippen LogP contribution in [0.1, 0.15) is 45.6 Å². The van der Waals surface area contributed by atoms with Crippen molar-refractivity contribution in [3.63, 3.8) is 0 Å². The Morgan fingerprint density at radius 3 is 2.56 bits per heavy atom. The summed E-state index contributed by atoms with van der Waals surface area (Å²) in [6.45, 7) is 7.04. The van der Waals surface area contributed by atoms with Crippen LogP contribution in [0.25, 0.3) is 0 Å². The van der Waals surface area contributed by atoms with Gasteiger partial charge in [0.15, 0.2) is 0 Å². The molecule has 0 unspecified atom stereocenters. The van der Waals surface area contributed by atoms with Gasteiger partial charge in [0.25, 0.3) is 0 Å². The highest BCUT2D eigenvalue weighted by Gasteiger charge is 2.25. The van der Waals surface area contributed by atoms with Crippen molar-refractivity contribution in [3.05, 3.63) is 35.9 Å². The maximum Gasteiger partial charge on any atom is 0.410 e. The smallest absolute Gasteiger partial charge is 0.410 e. The largest absolute Gasteiger partial charge is 0.445 e. The van der Waals surface area contributed by atoms with Gasteiger partial charge in [0.2, 0.25) is 0 Å². The topological polar surface area (TPSA) is 67.9 Å². The molecule has 1 fully saturated rings. The van der Waals surface area contributed by atoms with Gasteiger partial charge in [-0.15, -0.1) is 0 Å². The normalized spacial score (nSPS) is 18.2. The number of hydrogen-bond donors (Lipinski definition) is 1. The van der Waals surface area contributed by atoms with E-state index in [0.29, 0.717) is 19.5 Å².